The van der Waals surface area contributed by atoms with Crippen molar-refractivity contribution in [1.29, 1.82) is 0 Å². The molecule has 1 atom stereocenters. The molecule has 2 aromatic carbocycles. The molecule has 0 amide bonds. The fourth-order valence-electron chi connectivity index (χ4n) is 4.71. The molecule has 2 aromatic rings. The minimum atomic E-state index is -2.22. The number of hydrogen-bond donors (Lipinski definition) is 0. The summed E-state index contributed by atoms with van der Waals surface area (Å²) in [6.07, 6.45) is 3.67. The Morgan fingerprint density at radius 3 is 2.39 bits per heavy atom. The van der Waals surface area contributed by atoms with E-state index >= 15 is 0 Å². The summed E-state index contributed by atoms with van der Waals surface area (Å²) in [4.78, 5) is 0. The SMILES string of the molecule is CC1=[C]([Ge]([CH3])([CH3])[C]2=Cc3ccccc3C2)C(C)c2ccccc21. The molecule has 0 fully saturated rings. The van der Waals surface area contributed by atoms with Gasteiger partial charge in [0.05, 0.1) is 0 Å². The van der Waals surface area contributed by atoms with E-state index in [1.165, 1.54) is 28.7 Å². The zero-order valence-electron chi connectivity index (χ0n) is 14.5. The van der Waals surface area contributed by atoms with Crippen LogP contribution in [0.3, 0.4) is 0 Å². The molecule has 0 aliphatic heterocycles. The van der Waals surface area contributed by atoms with Crippen LogP contribution in [0.15, 0.2) is 57.3 Å². The van der Waals surface area contributed by atoms with Crippen LogP contribution >= 0.6 is 0 Å². The summed E-state index contributed by atoms with van der Waals surface area (Å²) < 4.78 is 3.52. The Balaban J connectivity index is 1.78. The molecule has 0 radical (unpaired) electrons. The molecule has 0 heterocycles. The Bertz CT molecular complexity index is 852. The molecule has 0 saturated carbocycles. The van der Waals surface area contributed by atoms with Crippen LogP contribution in [0, 0.1) is 0 Å². The van der Waals surface area contributed by atoms with Crippen molar-refractivity contribution in [1.82, 2.24) is 0 Å². The first-order chi connectivity index (χ1) is 11.0. The number of fused-ring (bicyclic) bond motifs is 2. The Hall–Kier alpha value is -1.54. The Morgan fingerprint density at radius 1 is 0.957 bits per heavy atom. The van der Waals surface area contributed by atoms with E-state index in [9.17, 15) is 0 Å². The zero-order chi connectivity index (χ0) is 16.2. The third kappa shape index (κ3) is 2.19. The van der Waals surface area contributed by atoms with Crippen LogP contribution in [-0.4, -0.2) is 13.3 Å². The molecule has 0 aromatic heterocycles. The van der Waals surface area contributed by atoms with Gasteiger partial charge in [0.1, 0.15) is 0 Å². The summed E-state index contributed by atoms with van der Waals surface area (Å²) >= 11 is -2.22. The minimum absolute atomic E-state index is 0.589. The van der Waals surface area contributed by atoms with E-state index in [1.807, 2.05) is 0 Å². The molecule has 2 aliphatic rings. The standard InChI is InChI=1S/C22H24Ge/c1-15-20-11-7-8-12-21(20)16(2)22(15)23(3,4)19-13-17-9-5-6-10-18(17)14-19/h5-13,15H,14H2,1-4H3. The normalized spacial score (nSPS) is 19.7. The monoisotopic (exact) mass is 362 g/mol. The average molecular weight is 361 g/mol. The number of benzene rings is 2. The molecule has 23 heavy (non-hydrogen) atoms. The van der Waals surface area contributed by atoms with E-state index in [-0.39, 0.29) is 0 Å². The summed E-state index contributed by atoms with van der Waals surface area (Å²) in [7, 11) is 0. The van der Waals surface area contributed by atoms with E-state index < -0.39 is 13.3 Å². The van der Waals surface area contributed by atoms with Gasteiger partial charge in [-0.15, -0.1) is 0 Å². The molecular weight excluding hydrogens is 337 g/mol. The molecule has 0 N–H and O–H groups in total. The second-order valence-corrected chi connectivity index (χ2v) is 16.8. The maximum absolute atomic E-state index is 2.60. The number of allylic oxidation sites excluding steroid dienone is 3. The number of hydrogen-bond acceptors (Lipinski definition) is 0. The van der Waals surface area contributed by atoms with E-state index in [4.69, 9.17) is 0 Å². The molecule has 0 bridgehead atoms. The summed E-state index contributed by atoms with van der Waals surface area (Å²) in [6, 6.07) is 17.9. The van der Waals surface area contributed by atoms with Gasteiger partial charge in [-0.05, 0) is 0 Å². The van der Waals surface area contributed by atoms with Crippen molar-refractivity contribution in [2.24, 2.45) is 0 Å². The van der Waals surface area contributed by atoms with Gasteiger partial charge in [0.15, 0.2) is 0 Å². The molecule has 1 heteroatoms. The molecular formula is C22H24Ge. The summed E-state index contributed by atoms with van der Waals surface area (Å²) in [6.45, 7) is 4.77. The van der Waals surface area contributed by atoms with Crippen molar-refractivity contribution in [3.63, 3.8) is 0 Å². The van der Waals surface area contributed by atoms with Gasteiger partial charge < -0.3 is 0 Å². The molecule has 116 valence electrons. The molecule has 0 nitrogen and oxygen atoms in total. The fraction of sp³-hybridized carbons (Fsp3) is 0.273. The van der Waals surface area contributed by atoms with Crippen molar-refractivity contribution in [3.05, 3.63) is 79.6 Å². The van der Waals surface area contributed by atoms with Gasteiger partial charge in [-0.1, -0.05) is 0 Å². The molecule has 1 unspecified atom stereocenters. The van der Waals surface area contributed by atoms with Gasteiger partial charge in [-0.2, -0.15) is 0 Å². The third-order valence-corrected chi connectivity index (χ3v) is 14.5. The average Bonchev–Trinajstić information content (AvgIpc) is 3.09. The predicted molar refractivity (Wildman–Crippen MR) is 103 cm³/mol. The van der Waals surface area contributed by atoms with Gasteiger partial charge in [-0.3, -0.25) is 0 Å². The topological polar surface area (TPSA) is 0 Å². The first-order valence-corrected chi connectivity index (χ1v) is 14.9. The van der Waals surface area contributed by atoms with Crippen LogP contribution in [0.25, 0.3) is 11.6 Å². The number of rotatable bonds is 2. The van der Waals surface area contributed by atoms with E-state index in [1.54, 1.807) is 14.4 Å². The molecule has 0 saturated heterocycles. The van der Waals surface area contributed by atoms with Crippen LogP contribution < -0.4 is 0 Å². The summed E-state index contributed by atoms with van der Waals surface area (Å²) in [5.74, 6) is 5.78. The second-order valence-electron chi connectivity index (χ2n) is 7.52. The predicted octanol–water partition coefficient (Wildman–Crippen LogP) is 6.00. The van der Waals surface area contributed by atoms with E-state index in [2.05, 4.69) is 80.0 Å². The summed E-state index contributed by atoms with van der Waals surface area (Å²) in [5, 5.41) is 0. The van der Waals surface area contributed by atoms with Crippen molar-refractivity contribution in [2.75, 3.05) is 0 Å². The van der Waals surface area contributed by atoms with Crippen molar-refractivity contribution < 1.29 is 0 Å². The van der Waals surface area contributed by atoms with Crippen molar-refractivity contribution in [2.45, 2.75) is 37.7 Å². The van der Waals surface area contributed by atoms with Gasteiger partial charge in [0, 0.05) is 0 Å². The second kappa shape index (κ2) is 5.24. The Labute approximate surface area is 142 Å². The molecule has 4 rings (SSSR count). The van der Waals surface area contributed by atoms with E-state index in [0.717, 1.165) is 0 Å². The molecule has 2 aliphatic carbocycles. The van der Waals surface area contributed by atoms with Crippen LogP contribution in [0.5, 0.6) is 0 Å². The Kier molecular flexibility index (Phi) is 3.42. The maximum atomic E-state index is 2.60. The van der Waals surface area contributed by atoms with Gasteiger partial charge in [0.25, 0.3) is 0 Å². The first kappa shape index (κ1) is 15.0. The quantitative estimate of drug-likeness (QED) is 0.576. The zero-order valence-corrected chi connectivity index (χ0v) is 16.6. The van der Waals surface area contributed by atoms with Crippen molar-refractivity contribution in [3.8, 4) is 0 Å². The Morgan fingerprint density at radius 2 is 1.65 bits per heavy atom. The van der Waals surface area contributed by atoms with Crippen LogP contribution in [0.2, 0.25) is 11.5 Å². The van der Waals surface area contributed by atoms with Gasteiger partial charge >= 0.3 is 142 Å². The van der Waals surface area contributed by atoms with Crippen molar-refractivity contribution >= 4 is 24.9 Å². The van der Waals surface area contributed by atoms with Gasteiger partial charge in [0.2, 0.25) is 0 Å². The fourth-order valence-corrected chi connectivity index (χ4v) is 12.7. The van der Waals surface area contributed by atoms with E-state index in [0.29, 0.717) is 5.92 Å². The molecule has 0 spiro atoms. The third-order valence-electron chi connectivity index (χ3n) is 5.91. The van der Waals surface area contributed by atoms with Crippen LogP contribution in [0.4, 0.5) is 0 Å². The summed E-state index contributed by atoms with van der Waals surface area (Å²) in [5.41, 5.74) is 7.56. The first-order valence-electron chi connectivity index (χ1n) is 8.59. The van der Waals surface area contributed by atoms with Gasteiger partial charge in [-0.25, -0.2) is 0 Å². The van der Waals surface area contributed by atoms with Crippen LogP contribution in [-0.2, 0) is 6.42 Å². The van der Waals surface area contributed by atoms with Crippen LogP contribution in [0.1, 0.15) is 42.0 Å².